The number of urea groups is 1. The average molecular weight is 467 g/mol. The lowest BCUT2D eigenvalue weighted by molar-refractivity contribution is 0.146. The molecule has 0 unspecified atom stereocenters. The molecular formula is C24H27FN6O3. The molecule has 2 amide bonds. The van der Waals surface area contributed by atoms with Gasteiger partial charge in [-0.05, 0) is 44.5 Å². The Morgan fingerprint density at radius 2 is 1.88 bits per heavy atom. The second-order valence-corrected chi connectivity index (χ2v) is 8.19. The summed E-state index contributed by atoms with van der Waals surface area (Å²) >= 11 is 0. The molecule has 3 N–H and O–H groups in total. The van der Waals surface area contributed by atoms with Crippen molar-refractivity contribution in [2.45, 2.75) is 20.3 Å². The first-order valence-corrected chi connectivity index (χ1v) is 10.7. The highest BCUT2D eigenvalue weighted by Gasteiger charge is 2.16. The Morgan fingerprint density at radius 3 is 2.59 bits per heavy atom. The van der Waals surface area contributed by atoms with Crippen LogP contribution < -0.4 is 20.7 Å². The van der Waals surface area contributed by atoms with Crippen LogP contribution >= 0.6 is 0 Å². The molecule has 0 bridgehead atoms. The molecule has 9 nitrogen and oxygen atoms in total. The van der Waals surface area contributed by atoms with Gasteiger partial charge in [0, 0.05) is 37.2 Å². The Morgan fingerprint density at radius 1 is 1.15 bits per heavy atom. The number of carbonyl (C=O) groups excluding carboxylic acids is 1. The molecule has 0 fully saturated rings. The van der Waals surface area contributed by atoms with E-state index in [-0.39, 0.29) is 11.4 Å². The zero-order chi connectivity index (χ0) is 24.6. The van der Waals surface area contributed by atoms with Gasteiger partial charge < -0.3 is 25.4 Å². The minimum atomic E-state index is -0.512. The van der Waals surface area contributed by atoms with Crippen molar-refractivity contribution in [3.05, 3.63) is 48.5 Å². The van der Waals surface area contributed by atoms with Crippen LogP contribution in [0.5, 0.6) is 5.75 Å². The number of nitrogens with zero attached hydrogens (tertiary/aromatic N) is 3. The molecule has 0 aliphatic heterocycles. The van der Waals surface area contributed by atoms with Gasteiger partial charge in [-0.1, -0.05) is 0 Å². The van der Waals surface area contributed by atoms with Crippen LogP contribution in [0.2, 0.25) is 0 Å². The number of ether oxygens (including phenoxy) is 2. The van der Waals surface area contributed by atoms with Gasteiger partial charge in [-0.3, -0.25) is 0 Å². The number of aromatic nitrogens is 2. The fourth-order valence-electron chi connectivity index (χ4n) is 3.03. The molecule has 0 aliphatic carbocycles. The molecule has 0 saturated heterocycles. The molecule has 0 saturated carbocycles. The summed E-state index contributed by atoms with van der Waals surface area (Å²) < 4.78 is 25.2. The molecular weight excluding hydrogens is 439 g/mol. The van der Waals surface area contributed by atoms with E-state index in [9.17, 15) is 9.18 Å². The molecule has 0 radical (unpaired) electrons. The number of amides is 2. The minimum Gasteiger partial charge on any atom is -0.491 e. The van der Waals surface area contributed by atoms with Gasteiger partial charge in [-0.15, -0.1) is 0 Å². The van der Waals surface area contributed by atoms with Crippen molar-refractivity contribution in [1.82, 2.24) is 15.3 Å². The summed E-state index contributed by atoms with van der Waals surface area (Å²) in [6, 6.07) is 11.7. The normalized spacial score (nSPS) is 11.0. The number of hydrogen-bond acceptors (Lipinski definition) is 7. The summed E-state index contributed by atoms with van der Waals surface area (Å²) in [4.78, 5) is 20.4. The van der Waals surface area contributed by atoms with Crippen LogP contribution in [0.4, 0.5) is 26.4 Å². The van der Waals surface area contributed by atoms with Crippen LogP contribution in [0, 0.1) is 22.6 Å². The zero-order valence-corrected chi connectivity index (χ0v) is 19.3. The van der Waals surface area contributed by atoms with E-state index >= 15 is 0 Å². The summed E-state index contributed by atoms with van der Waals surface area (Å²) in [7, 11) is 1.56. The van der Waals surface area contributed by atoms with Crippen LogP contribution in [0.25, 0.3) is 10.9 Å². The smallest absolute Gasteiger partial charge is 0.319 e. The maximum Gasteiger partial charge on any atom is 0.319 e. The van der Waals surface area contributed by atoms with Gasteiger partial charge in [0.1, 0.15) is 30.3 Å². The van der Waals surface area contributed by atoms with Crippen molar-refractivity contribution in [2.24, 2.45) is 5.41 Å². The lowest BCUT2D eigenvalue weighted by Crippen LogP contribution is -2.31. The van der Waals surface area contributed by atoms with Crippen molar-refractivity contribution >= 4 is 34.1 Å². The topological polar surface area (TPSA) is 121 Å². The van der Waals surface area contributed by atoms with E-state index < -0.39 is 11.2 Å². The van der Waals surface area contributed by atoms with Crippen molar-refractivity contribution in [3.63, 3.8) is 0 Å². The van der Waals surface area contributed by atoms with Gasteiger partial charge >= 0.3 is 6.03 Å². The van der Waals surface area contributed by atoms with Crippen molar-refractivity contribution in [3.8, 4) is 11.8 Å². The molecule has 34 heavy (non-hydrogen) atoms. The van der Waals surface area contributed by atoms with Gasteiger partial charge in [-0.25, -0.2) is 19.2 Å². The quantitative estimate of drug-likeness (QED) is 0.373. The third-order valence-corrected chi connectivity index (χ3v) is 4.96. The number of benzene rings is 2. The van der Waals surface area contributed by atoms with E-state index in [1.54, 1.807) is 37.4 Å². The Kier molecular flexibility index (Phi) is 8.16. The molecule has 3 aromatic rings. The number of rotatable bonds is 10. The van der Waals surface area contributed by atoms with Gasteiger partial charge in [0.15, 0.2) is 0 Å². The van der Waals surface area contributed by atoms with E-state index in [4.69, 9.17) is 14.7 Å². The van der Waals surface area contributed by atoms with Gasteiger partial charge in [0.25, 0.3) is 0 Å². The highest BCUT2D eigenvalue weighted by Crippen LogP contribution is 2.29. The Bertz CT molecular complexity index is 1180. The standard InChI is InChI=1S/C24H27FN6O3/c1-24(2,14-26)8-9-27-23(32)31-17-6-4-16(5-7-17)30-22-21-19(25)12-18(34-11-10-33-3)13-20(21)28-15-29-22/h4-7,12-13,15H,8-11H2,1-3H3,(H2,27,31,32)(H,28,29,30). The number of methoxy groups -OCH3 is 1. The van der Waals surface area contributed by atoms with Crippen molar-refractivity contribution in [2.75, 3.05) is 37.5 Å². The van der Waals surface area contributed by atoms with Gasteiger partial charge in [0.05, 0.1) is 29.0 Å². The molecule has 10 heteroatoms. The molecule has 1 heterocycles. The number of anilines is 3. The predicted molar refractivity (Wildman–Crippen MR) is 128 cm³/mol. The maximum atomic E-state index is 14.8. The Balaban J connectivity index is 1.64. The molecule has 0 aliphatic rings. The summed E-state index contributed by atoms with van der Waals surface area (Å²) in [5.41, 5.74) is 1.14. The number of fused-ring (bicyclic) bond motifs is 1. The molecule has 3 rings (SSSR count). The fourth-order valence-corrected chi connectivity index (χ4v) is 3.03. The Labute approximate surface area is 197 Å². The van der Waals surface area contributed by atoms with E-state index in [0.29, 0.717) is 54.6 Å². The van der Waals surface area contributed by atoms with Crippen LogP contribution in [0.3, 0.4) is 0 Å². The fraction of sp³-hybridized carbons (Fsp3) is 0.333. The van der Waals surface area contributed by atoms with Crippen molar-refractivity contribution in [1.29, 1.82) is 5.26 Å². The van der Waals surface area contributed by atoms with Crippen molar-refractivity contribution < 1.29 is 18.7 Å². The average Bonchev–Trinajstić information content (AvgIpc) is 2.80. The third-order valence-electron chi connectivity index (χ3n) is 4.96. The summed E-state index contributed by atoms with van der Waals surface area (Å²) in [6.45, 7) is 4.72. The van der Waals surface area contributed by atoms with E-state index in [0.717, 1.165) is 0 Å². The number of hydrogen-bond donors (Lipinski definition) is 3. The highest BCUT2D eigenvalue weighted by atomic mass is 19.1. The monoisotopic (exact) mass is 466 g/mol. The van der Waals surface area contributed by atoms with Gasteiger partial charge in [-0.2, -0.15) is 5.26 Å². The van der Waals surface area contributed by atoms with Crippen LogP contribution in [0.15, 0.2) is 42.7 Å². The van der Waals surface area contributed by atoms with Gasteiger partial charge in [0.2, 0.25) is 0 Å². The second-order valence-electron chi connectivity index (χ2n) is 8.19. The van der Waals surface area contributed by atoms with Crippen LogP contribution in [-0.4, -0.2) is 42.9 Å². The summed E-state index contributed by atoms with van der Waals surface area (Å²) in [5, 5.41) is 17.8. The minimum absolute atomic E-state index is 0.239. The number of carbonyl (C=O) groups is 1. The summed E-state index contributed by atoms with van der Waals surface area (Å²) in [5.74, 6) is 0.156. The zero-order valence-electron chi connectivity index (χ0n) is 19.3. The molecule has 2 aromatic carbocycles. The lowest BCUT2D eigenvalue weighted by Gasteiger charge is -2.15. The highest BCUT2D eigenvalue weighted by molar-refractivity contribution is 5.92. The predicted octanol–water partition coefficient (Wildman–Crippen LogP) is 4.60. The van der Waals surface area contributed by atoms with Crippen LogP contribution in [0.1, 0.15) is 20.3 Å². The molecule has 0 spiro atoms. The van der Waals surface area contributed by atoms with E-state index in [1.807, 2.05) is 13.8 Å². The molecule has 178 valence electrons. The SMILES string of the molecule is COCCOc1cc(F)c2c(Nc3ccc(NC(=O)NCCC(C)(C)C#N)cc3)ncnc2c1. The first-order valence-electron chi connectivity index (χ1n) is 10.7. The third kappa shape index (κ3) is 6.76. The summed E-state index contributed by atoms with van der Waals surface area (Å²) in [6.07, 6.45) is 1.89. The maximum absolute atomic E-state index is 14.8. The number of halogens is 1. The number of nitrogens with one attached hydrogen (secondary N) is 3. The largest absolute Gasteiger partial charge is 0.491 e. The Hall–Kier alpha value is -3.97. The first-order chi connectivity index (χ1) is 16.3. The number of nitriles is 1. The molecule has 0 atom stereocenters. The first kappa shape index (κ1) is 24.7. The van der Waals surface area contributed by atoms with E-state index in [2.05, 4.69) is 32.0 Å². The van der Waals surface area contributed by atoms with Crippen LogP contribution in [-0.2, 0) is 4.74 Å². The second kappa shape index (κ2) is 11.2. The molecule has 1 aromatic heterocycles. The lowest BCUT2D eigenvalue weighted by atomic mass is 9.92. The van der Waals surface area contributed by atoms with E-state index in [1.165, 1.54) is 12.4 Å².